The third-order valence-corrected chi connectivity index (χ3v) is 3.75. The average molecular weight is 293 g/mol. The zero-order valence-corrected chi connectivity index (χ0v) is 12.0. The topological polar surface area (TPSA) is 55.6 Å². The van der Waals surface area contributed by atoms with E-state index in [1.54, 1.807) is 17.9 Å². The molecule has 1 aliphatic rings. The van der Waals surface area contributed by atoms with Crippen molar-refractivity contribution in [3.05, 3.63) is 29.6 Å². The molecule has 2 aromatic heterocycles. The lowest BCUT2D eigenvalue weighted by Gasteiger charge is -2.30. The van der Waals surface area contributed by atoms with Crippen molar-refractivity contribution in [1.82, 2.24) is 25.3 Å². The smallest absolute Gasteiger partial charge is 0.260 e. The van der Waals surface area contributed by atoms with Crippen LogP contribution in [0.1, 0.15) is 23.6 Å². The Morgan fingerprint density at radius 2 is 2.14 bits per heavy atom. The molecule has 1 fully saturated rings. The quantitative estimate of drug-likeness (QED) is 0.919. The summed E-state index contributed by atoms with van der Waals surface area (Å²) in [5.74, 6) is -2.86. The van der Waals surface area contributed by atoms with E-state index in [1.165, 1.54) is 0 Å². The maximum absolute atomic E-state index is 13.5. The standard InChI is InChI=1S/C14H17F2N5/c1-9-11(10-5-14(15,16)8-17-6-10)3-4-12(18-9)13-7-21(2)20-19-13/h3-4,7,10,17H,5-6,8H2,1-2H3. The van der Waals surface area contributed by atoms with Crippen molar-refractivity contribution in [1.29, 1.82) is 0 Å². The second-order valence-corrected chi connectivity index (χ2v) is 5.54. The number of nitrogens with zero attached hydrogens (tertiary/aromatic N) is 4. The number of pyridine rings is 1. The van der Waals surface area contributed by atoms with Crippen LogP contribution in [-0.4, -0.2) is 39.0 Å². The van der Waals surface area contributed by atoms with E-state index in [2.05, 4.69) is 20.6 Å². The first kappa shape index (κ1) is 14.1. The van der Waals surface area contributed by atoms with Gasteiger partial charge in [0.15, 0.2) is 0 Å². The Labute approximate surface area is 121 Å². The van der Waals surface area contributed by atoms with Gasteiger partial charge in [0.2, 0.25) is 0 Å². The Balaban J connectivity index is 1.88. The molecule has 0 amide bonds. The summed E-state index contributed by atoms with van der Waals surface area (Å²) in [6.07, 6.45) is 1.64. The van der Waals surface area contributed by atoms with Crippen LogP contribution in [0, 0.1) is 6.92 Å². The summed E-state index contributed by atoms with van der Waals surface area (Å²) in [5.41, 5.74) is 3.02. The zero-order chi connectivity index (χ0) is 15.0. The number of halogens is 2. The van der Waals surface area contributed by atoms with Gasteiger partial charge < -0.3 is 5.32 Å². The molecule has 1 saturated heterocycles. The first-order chi connectivity index (χ1) is 9.94. The molecular weight excluding hydrogens is 276 g/mol. The summed E-state index contributed by atoms with van der Waals surface area (Å²) in [5, 5.41) is 10.7. The van der Waals surface area contributed by atoms with Crippen LogP contribution in [0.15, 0.2) is 18.3 Å². The highest BCUT2D eigenvalue weighted by molar-refractivity contribution is 5.53. The van der Waals surface area contributed by atoms with Gasteiger partial charge in [-0.25, -0.2) is 8.78 Å². The van der Waals surface area contributed by atoms with Gasteiger partial charge in [0.25, 0.3) is 5.92 Å². The largest absolute Gasteiger partial charge is 0.311 e. The third-order valence-electron chi connectivity index (χ3n) is 3.75. The minimum atomic E-state index is -2.65. The van der Waals surface area contributed by atoms with E-state index in [0.29, 0.717) is 17.9 Å². The maximum Gasteiger partial charge on any atom is 0.260 e. The second-order valence-electron chi connectivity index (χ2n) is 5.54. The molecular formula is C14H17F2N5. The summed E-state index contributed by atoms with van der Waals surface area (Å²) in [6.45, 7) is 2.16. The van der Waals surface area contributed by atoms with Crippen molar-refractivity contribution in [2.45, 2.75) is 25.2 Å². The van der Waals surface area contributed by atoms with Crippen molar-refractivity contribution >= 4 is 0 Å². The van der Waals surface area contributed by atoms with Gasteiger partial charge in [0, 0.05) is 31.6 Å². The number of alkyl halides is 2. The summed E-state index contributed by atoms with van der Waals surface area (Å²) in [7, 11) is 1.79. The molecule has 2 aromatic rings. The van der Waals surface area contributed by atoms with Crippen molar-refractivity contribution in [2.24, 2.45) is 7.05 Å². The van der Waals surface area contributed by atoms with Crippen molar-refractivity contribution in [2.75, 3.05) is 13.1 Å². The number of aryl methyl sites for hydroxylation is 2. The fourth-order valence-corrected chi connectivity index (χ4v) is 2.76. The molecule has 21 heavy (non-hydrogen) atoms. The molecule has 1 atom stereocenters. The molecule has 5 nitrogen and oxygen atoms in total. The molecule has 0 bridgehead atoms. The lowest BCUT2D eigenvalue weighted by Crippen LogP contribution is -2.43. The molecule has 112 valence electrons. The lowest BCUT2D eigenvalue weighted by molar-refractivity contribution is -0.0278. The van der Waals surface area contributed by atoms with Crippen LogP contribution < -0.4 is 5.32 Å². The summed E-state index contributed by atoms with van der Waals surface area (Å²) >= 11 is 0. The highest BCUT2D eigenvalue weighted by Crippen LogP contribution is 2.34. The second kappa shape index (κ2) is 5.14. The predicted octanol–water partition coefficient (Wildman–Crippen LogP) is 1.90. The monoisotopic (exact) mass is 293 g/mol. The van der Waals surface area contributed by atoms with Gasteiger partial charge in [0.1, 0.15) is 5.69 Å². The van der Waals surface area contributed by atoms with E-state index in [4.69, 9.17) is 0 Å². The number of hydrogen-bond acceptors (Lipinski definition) is 4. The molecule has 0 saturated carbocycles. The van der Waals surface area contributed by atoms with Gasteiger partial charge in [-0.2, -0.15) is 0 Å². The van der Waals surface area contributed by atoms with Gasteiger partial charge in [0.05, 0.1) is 18.4 Å². The number of piperidine rings is 1. The minimum Gasteiger partial charge on any atom is -0.311 e. The fourth-order valence-electron chi connectivity index (χ4n) is 2.76. The minimum absolute atomic E-state index is 0.132. The number of nitrogens with one attached hydrogen (secondary N) is 1. The SMILES string of the molecule is Cc1nc(-c2cn(C)nn2)ccc1C1CNCC(F)(F)C1. The Hall–Kier alpha value is -1.89. The van der Waals surface area contributed by atoms with Gasteiger partial charge in [-0.3, -0.25) is 9.67 Å². The van der Waals surface area contributed by atoms with Crippen molar-refractivity contribution in [3.8, 4) is 11.4 Å². The zero-order valence-electron chi connectivity index (χ0n) is 12.0. The van der Waals surface area contributed by atoms with Crippen LogP contribution in [0.25, 0.3) is 11.4 Å². The van der Waals surface area contributed by atoms with E-state index in [-0.39, 0.29) is 18.9 Å². The Morgan fingerprint density at radius 3 is 2.76 bits per heavy atom. The average Bonchev–Trinajstić information content (AvgIpc) is 2.84. The third kappa shape index (κ3) is 2.92. The molecule has 0 radical (unpaired) electrons. The summed E-state index contributed by atoms with van der Waals surface area (Å²) in [4.78, 5) is 4.49. The summed E-state index contributed by atoms with van der Waals surface area (Å²) < 4.78 is 28.6. The van der Waals surface area contributed by atoms with E-state index < -0.39 is 5.92 Å². The molecule has 0 aliphatic carbocycles. The van der Waals surface area contributed by atoms with Crippen LogP contribution in [-0.2, 0) is 7.05 Å². The molecule has 0 spiro atoms. The number of aromatic nitrogens is 4. The van der Waals surface area contributed by atoms with Crippen LogP contribution in [0.2, 0.25) is 0 Å². The van der Waals surface area contributed by atoms with Crippen LogP contribution in [0.3, 0.4) is 0 Å². The number of hydrogen-bond donors (Lipinski definition) is 1. The molecule has 0 aromatic carbocycles. The Kier molecular flexibility index (Phi) is 3.44. The normalized spacial score (nSPS) is 21.4. The fraction of sp³-hybridized carbons (Fsp3) is 0.500. The lowest BCUT2D eigenvalue weighted by atomic mass is 9.88. The van der Waals surface area contributed by atoms with E-state index in [0.717, 1.165) is 11.3 Å². The Morgan fingerprint density at radius 1 is 1.33 bits per heavy atom. The van der Waals surface area contributed by atoms with Crippen molar-refractivity contribution in [3.63, 3.8) is 0 Å². The molecule has 3 rings (SSSR count). The molecule has 1 unspecified atom stereocenters. The van der Waals surface area contributed by atoms with Crippen molar-refractivity contribution < 1.29 is 8.78 Å². The molecule has 1 N–H and O–H groups in total. The van der Waals surface area contributed by atoms with Gasteiger partial charge in [-0.05, 0) is 18.6 Å². The van der Waals surface area contributed by atoms with E-state index in [1.807, 2.05) is 19.1 Å². The highest BCUT2D eigenvalue weighted by atomic mass is 19.3. The summed E-state index contributed by atoms with van der Waals surface area (Å²) in [6, 6.07) is 3.69. The van der Waals surface area contributed by atoms with E-state index in [9.17, 15) is 8.78 Å². The Bertz CT molecular complexity index is 653. The first-order valence-corrected chi connectivity index (χ1v) is 6.87. The molecule has 3 heterocycles. The maximum atomic E-state index is 13.5. The molecule has 1 aliphatic heterocycles. The van der Waals surface area contributed by atoms with E-state index >= 15 is 0 Å². The van der Waals surface area contributed by atoms with Gasteiger partial charge in [-0.15, -0.1) is 5.10 Å². The highest BCUT2D eigenvalue weighted by Gasteiger charge is 2.37. The predicted molar refractivity (Wildman–Crippen MR) is 74.1 cm³/mol. The van der Waals surface area contributed by atoms with Gasteiger partial charge >= 0.3 is 0 Å². The van der Waals surface area contributed by atoms with Gasteiger partial charge in [-0.1, -0.05) is 11.3 Å². The van der Waals surface area contributed by atoms with Crippen LogP contribution in [0.5, 0.6) is 0 Å². The van der Waals surface area contributed by atoms with Crippen LogP contribution in [0.4, 0.5) is 8.78 Å². The first-order valence-electron chi connectivity index (χ1n) is 6.87. The molecule has 7 heteroatoms. The van der Waals surface area contributed by atoms with Crippen LogP contribution >= 0.6 is 0 Å². The number of rotatable bonds is 2.